The Balaban J connectivity index is 1.47. The van der Waals surface area contributed by atoms with Gasteiger partial charge in [-0.15, -0.1) is 0 Å². The van der Waals surface area contributed by atoms with Gasteiger partial charge in [-0.2, -0.15) is 0 Å². The number of carbonyl (C=O) groups is 2. The Morgan fingerprint density at radius 1 is 1.16 bits per heavy atom. The van der Waals surface area contributed by atoms with Crippen molar-refractivity contribution >= 4 is 17.5 Å². The van der Waals surface area contributed by atoms with Crippen molar-refractivity contribution < 1.29 is 19.1 Å². The minimum atomic E-state index is -0.667. The van der Waals surface area contributed by atoms with Crippen molar-refractivity contribution in [2.75, 3.05) is 18.5 Å². The van der Waals surface area contributed by atoms with Gasteiger partial charge in [0.2, 0.25) is 0 Å². The average molecular weight is 346 g/mol. The van der Waals surface area contributed by atoms with E-state index in [4.69, 9.17) is 9.47 Å². The molecular formula is C19H26N2O4. The van der Waals surface area contributed by atoms with Gasteiger partial charge in [-0.3, -0.25) is 9.59 Å². The van der Waals surface area contributed by atoms with Gasteiger partial charge in [0.05, 0.1) is 6.61 Å². The molecule has 25 heavy (non-hydrogen) atoms. The van der Waals surface area contributed by atoms with Crippen LogP contribution in [0.15, 0.2) is 18.2 Å². The first-order valence-corrected chi connectivity index (χ1v) is 8.96. The van der Waals surface area contributed by atoms with E-state index >= 15 is 0 Å². The van der Waals surface area contributed by atoms with Crippen molar-refractivity contribution in [2.24, 2.45) is 0 Å². The predicted octanol–water partition coefficient (Wildman–Crippen LogP) is 2.43. The fourth-order valence-corrected chi connectivity index (χ4v) is 3.41. The molecule has 1 aliphatic carbocycles. The lowest BCUT2D eigenvalue weighted by Gasteiger charge is -2.31. The van der Waals surface area contributed by atoms with E-state index in [0.29, 0.717) is 12.3 Å². The van der Waals surface area contributed by atoms with Crippen molar-refractivity contribution in [3.63, 3.8) is 0 Å². The number of carbonyl (C=O) groups excluding carboxylic acids is 2. The lowest BCUT2D eigenvalue weighted by molar-refractivity contribution is -0.186. The number of amides is 2. The van der Waals surface area contributed by atoms with Crippen LogP contribution < -0.4 is 10.6 Å². The van der Waals surface area contributed by atoms with Gasteiger partial charge in [0.1, 0.15) is 6.10 Å². The van der Waals surface area contributed by atoms with Crippen LogP contribution in [0.4, 0.5) is 5.69 Å². The average Bonchev–Trinajstić information content (AvgIpc) is 2.99. The molecule has 0 radical (unpaired) electrons. The number of nitrogens with one attached hydrogen (secondary N) is 2. The monoisotopic (exact) mass is 346 g/mol. The van der Waals surface area contributed by atoms with Gasteiger partial charge in [0.15, 0.2) is 5.79 Å². The first kappa shape index (κ1) is 17.9. The summed E-state index contributed by atoms with van der Waals surface area (Å²) < 4.78 is 11.8. The summed E-state index contributed by atoms with van der Waals surface area (Å²) in [5, 5.41) is 5.30. The summed E-state index contributed by atoms with van der Waals surface area (Å²) in [4.78, 5) is 24.1. The highest BCUT2D eigenvalue weighted by atomic mass is 16.7. The van der Waals surface area contributed by atoms with Crippen LogP contribution in [0.3, 0.4) is 0 Å². The third-order valence-electron chi connectivity index (χ3n) is 4.87. The lowest BCUT2D eigenvalue weighted by Crippen LogP contribution is -2.41. The molecule has 0 bridgehead atoms. The molecule has 1 aromatic rings. The van der Waals surface area contributed by atoms with E-state index in [0.717, 1.165) is 36.8 Å². The first-order valence-electron chi connectivity index (χ1n) is 8.96. The van der Waals surface area contributed by atoms with E-state index in [9.17, 15) is 9.59 Å². The third-order valence-corrected chi connectivity index (χ3v) is 4.87. The Bertz CT molecular complexity index is 653. The molecule has 2 fully saturated rings. The van der Waals surface area contributed by atoms with Gasteiger partial charge in [-0.1, -0.05) is 18.6 Å². The van der Waals surface area contributed by atoms with Gasteiger partial charge in [-0.05, 0) is 43.9 Å². The highest BCUT2D eigenvalue weighted by Gasteiger charge is 2.42. The van der Waals surface area contributed by atoms with Crippen molar-refractivity contribution in [3.05, 3.63) is 29.3 Å². The summed E-state index contributed by atoms with van der Waals surface area (Å²) in [6.45, 7) is 4.56. The molecule has 3 rings (SSSR count). The summed E-state index contributed by atoms with van der Waals surface area (Å²) in [6.07, 6.45) is 5.05. The van der Waals surface area contributed by atoms with Gasteiger partial charge in [0, 0.05) is 25.1 Å². The maximum absolute atomic E-state index is 12.1. The SMILES string of the molecule is Cc1ccc(C)c(NC(=O)C(=O)NC[C@@H]2COC3(CCCCC3)O2)c1. The molecular weight excluding hydrogens is 320 g/mol. The maximum atomic E-state index is 12.1. The van der Waals surface area contributed by atoms with Gasteiger partial charge in [0.25, 0.3) is 0 Å². The van der Waals surface area contributed by atoms with E-state index in [-0.39, 0.29) is 12.6 Å². The highest BCUT2D eigenvalue weighted by molar-refractivity contribution is 6.39. The minimum Gasteiger partial charge on any atom is -0.347 e. The van der Waals surface area contributed by atoms with Crippen LogP contribution in [-0.4, -0.2) is 36.9 Å². The molecule has 6 heteroatoms. The number of hydrogen-bond acceptors (Lipinski definition) is 4. The summed E-state index contributed by atoms with van der Waals surface area (Å²) in [7, 11) is 0. The van der Waals surface area contributed by atoms with Crippen LogP contribution in [0.25, 0.3) is 0 Å². The second-order valence-electron chi connectivity index (χ2n) is 7.00. The Kier molecular flexibility index (Phi) is 5.39. The normalized spacial score (nSPS) is 21.9. The standard InChI is InChI=1S/C19H26N2O4/c1-13-6-7-14(2)16(10-13)21-18(23)17(22)20-11-15-12-24-19(25-15)8-4-3-5-9-19/h6-7,10,15H,3-5,8-9,11-12H2,1-2H3,(H,20,22)(H,21,23)/t15-/m1/s1. The number of aryl methyl sites for hydroxylation is 2. The van der Waals surface area contributed by atoms with Gasteiger partial charge >= 0.3 is 11.8 Å². The predicted molar refractivity (Wildman–Crippen MR) is 94.2 cm³/mol. The van der Waals surface area contributed by atoms with Crippen LogP contribution >= 0.6 is 0 Å². The Labute approximate surface area is 148 Å². The second-order valence-corrected chi connectivity index (χ2v) is 7.00. The summed E-state index contributed by atoms with van der Waals surface area (Å²) in [5.41, 5.74) is 2.59. The molecule has 1 saturated carbocycles. The molecule has 1 aliphatic heterocycles. The van der Waals surface area contributed by atoms with Crippen molar-refractivity contribution in [1.29, 1.82) is 0 Å². The topological polar surface area (TPSA) is 76.7 Å². The summed E-state index contributed by atoms with van der Waals surface area (Å²) >= 11 is 0. The summed E-state index contributed by atoms with van der Waals surface area (Å²) in [5.74, 6) is -1.79. The number of ether oxygens (including phenoxy) is 2. The van der Waals surface area contributed by atoms with Gasteiger partial charge in [-0.25, -0.2) is 0 Å². The number of benzene rings is 1. The molecule has 0 unspecified atom stereocenters. The van der Waals surface area contributed by atoms with Crippen molar-refractivity contribution in [3.8, 4) is 0 Å². The minimum absolute atomic E-state index is 0.199. The largest absolute Gasteiger partial charge is 0.347 e. The second kappa shape index (κ2) is 7.54. The van der Waals surface area contributed by atoms with E-state index in [1.165, 1.54) is 6.42 Å². The number of hydrogen-bond donors (Lipinski definition) is 2. The quantitative estimate of drug-likeness (QED) is 0.824. The molecule has 1 spiro atoms. The zero-order valence-electron chi connectivity index (χ0n) is 14.9. The molecule has 1 aromatic carbocycles. The van der Waals surface area contributed by atoms with Gasteiger partial charge < -0.3 is 20.1 Å². The maximum Gasteiger partial charge on any atom is 0.313 e. The highest BCUT2D eigenvalue weighted by Crippen LogP contribution is 2.37. The molecule has 6 nitrogen and oxygen atoms in total. The summed E-state index contributed by atoms with van der Waals surface area (Å²) in [6, 6.07) is 5.72. The van der Waals surface area contributed by atoms with Crippen LogP contribution in [0.2, 0.25) is 0 Å². The van der Waals surface area contributed by atoms with E-state index in [2.05, 4.69) is 10.6 Å². The zero-order chi connectivity index (χ0) is 17.9. The molecule has 2 aliphatic rings. The Morgan fingerprint density at radius 3 is 2.68 bits per heavy atom. The van der Waals surface area contributed by atoms with Crippen LogP contribution in [0.1, 0.15) is 43.2 Å². The molecule has 0 aromatic heterocycles. The zero-order valence-corrected chi connectivity index (χ0v) is 14.9. The van der Waals surface area contributed by atoms with E-state index in [1.54, 1.807) is 0 Å². The molecule has 2 N–H and O–H groups in total. The van der Waals surface area contributed by atoms with E-state index in [1.807, 2.05) is 32.0 Å². The number of anilines is 1. The molecule has 1 atom stereocenters. The van der Waals surface area contributed by atoms with Crippen LogP contribution in [0.5, 0.6) is 0 Å². The lowest BCUT2D eigenvalue weighted by atomic mass is 9.94. The van der Waals surface area contributed by atoms with E-state index < -0.39 is 17.6 Å². The molecule has 2 amide bonds. The van der Waals surface area contributed by atoms with Crippen molar-refractivity contribution in [1.82, 2.24) is 5.32 Å². The first-order chi connectivity index (χ1) is 12.0. The Hall–Kier alpha value is -1.92. The number of rotatable bonds is 3. The molecule has 1 saturated heterocycles. The Morgan fingerprint density at radius 2 is 1.92 bits per heavy atom. The third kappa shape index (κ3) is 4.38. The molecule has 136 valence electrons. The fourth-order valence-electron chi connectivity index (χ4n) is 3.41. The van der Waals surface area contributed by atoms with Crippen LogP contribution in [0, 0.1) is 13.8 Å². The van der Waals surface area contributed by atoms with Crippen molar-refractivity contribution in [2.45, 2.75) is 57.8 Å². The fraction of sp³-hybridized carbons (Fsp3) is 0.579. The smallest absolute Gasteiger partial charge is 0.313 e. The molecule has 1 heterocycles. The van der Waals surface area contributed by atoms with Crippen LogP contribution in [-0.2, 0) is 19.1 Å².